The van der Waals surface area contributed by atoms with Gasteiger partial charge in [0.1, 0.15) is 0 Å². The van der Waals surface area contributed by atoms with Crippen molar-refractivity contribution in [2.45, 2.75) is 53.1 Å². The van der Waals surface area contributed by atoms with Gasteiger partial charge in [-0.3, -0.25) is 0 Å². The standard InChI is InChI=1S/C12H23N3/c1-10(13)5-6-15-9-14-8-11(15)7-12(2,3)4/h8-10H,5-7,13H2,1-4H3. The molecule has 0 fully saturated rings. The molecule has 0 aliphatic rings. The molecule has 2 N–H and O–H groups in total. The second kappa shape index (κ2) is 4.79. The molecular weight excluding hydrogens is 186 g/mol. The Morgan fingerprint density at radius 1 is 1.47 bits per heavy atom. The van der Waals surface area contributed by atoms with Gasteiger partial charge < -0.3 is 10.3 Å². The number of aryl methyl sites for hydroxylation is 1. The smallest absolute Gasteiger partial charge is 0.0948 e. The van der Waals surface area contributed by atoms with Gasteiger partial charge in [0.15, 0.2) is 0 Å². The van der Waals surface area contributed by atoms with Crippen LogP contribution in [0.1, 0.15) is 39.8 Å². The minimum Gasteiger partial charge on any atom is -0.335 e. The molecular formula is C12H23N3. The number of hydrogen-bond donors (Lipinski definition) is 1. The normalized spacial score (nSPS) is 14.2. The number of nitrogens with zero attached hydrogens (tertiary/aromatic N) is 2. The van der Waals surface area contributed by atoms with Crippen molar-refractivity contribution in [2.75, 3.05) is 0 Å². The zero-order chi connectivity index (χ0) is 11.5. The van der Waals surface area contributed by atoms with Crippen molar-refractivity contribution in [3.8, 4) is 0 Å². The Labute approximate surface area is 92.7 Å². The molecule has 1 aromatic rings. The van der Waals surface area contributed by atoms with Crippen LogP contribution in [0.5, 0.6) is 0 Å². The van der Waals surface area contributed by atoms with Gasteiger partial charge >= 0.3 is 0 Å². The van der Waals surface area contributed by atoms with Crippen LogP contribution in [0.2, 0.25) is 0 Å². The Kier molecular flexibility index (Phi) is 3.91. The third kappa shape index (κ3) is 4.47. The highest BCUT2D eigenvalue weighted by Gasteiger charge is 2.14. The summed E-state index contributed by atoms with van der Waals surface area (Å²) in [6.45, 7) is 9.76. The topological polar surface area (TPSA) is 43.8 Å². The molecule has 0 radical (unpaired) electrons. The van der Waals surface area contributed by atoms with Gasteiger partial charge in [-0.15, -0.1) is 0 Å². The summed E-state index contributed by atoms with van der Waals surface area (Å²) in [6, 6.07) is 0.259. The Hall–Kier alpha value is -0.830. The molecule has 1 rings (SSSR count). The summed E-state index contributed by atoms with van der Waals surface area (Å²) in [4.78, 5) is 4.21. The summed E-state index contributed by atoms with van der Waals surface area (Å²) in [5.74, 6) is 0. The van der Waals surface area contributed by atoms with Gasteiger partial charge in [-0.25, -0.2) is 4.98 Å². The third-order valence-corrected chi connectivity index (χ3v) is 2.34. The average Bonchev–Trinajstić information content (AvgIpc) is 2.45. The molecule has 15 heavy (non-hydrogen) atoms. The van der Waals surface area contributed by atoms with E-state index in [-0.39, 0.29) is 6.04 Å². The Bertz CT molecular complexity index is 294. The minimum atomic E-state index is 0.259. The van der Waals surface area contributed by atoms with Crippen molar-refractivity contribution < 1.29 is 0 Å². The lowest BCUT2D eigenvalue weighted by Crippen LogP contribution is -2.19. The van der Waals surface area contributed by atoms with E-state index in [9.17, 15) is 0 Å². The van der Waals surface area contributed by atoms with Crippen molar-refractivity contribution in [3.63, 3.8) is 0 Å². The highest BCUT2D eigenvalue weighted by molar-refractivity contribution is 5.01. The Balaban J connectivity index is 2.61. The van der Waals surface area contributed by atoms with Crippen LogP contribution >= 0.6 is 0 Å². The lowest BCUT2D eigenvalue weighted by atomic mass is 9.91. The summed E-state index contributed by atoms with van der Waals surface area (Å²) in [7, 11) is 0. The number of aromatic nitrogens is 2. The fourth-order valence-electron chi connectivity index (χ4n) is 1.58. The molecule has 0 aliphatic heterocycles. The zero-order valence-electron chi connectivity index (χ0n) is 10.3. The predicted molar refractivity (Wildman–Crippen MR) is 63.7 cm³/mol. The molecule has 0 aliphatic carbocycles. The Morgan fingerprint density at radius 2 is 2.13 bits per heavy atom. The average molecular weight is 209 g/mol. The van der Waals surface area contributed by atoms with Crippen LogP contribution in [0, 0.1) is 5.41 Å². The lowest BCUT2D eigenvalue weighted by Gasteiger charge is -2.19. The highest BCUT2D eigenvalue weighted by Crippen LogP contribution is 2.20. The first-order chi connectivity index (χ1) is 6.88. The minimum absolute atomic E-state index is 0.259. The van der Waals surface area contributed by atoms with E-state index >= 15 is 0 Å². The van der Waals surface area contributed by atoms with Gasteiger partial charge in [0, 0.05) is 24.5 Å². The van der Waals surface area contributed by atoms with E-state index in [0.29, 0.717) is 5.41 Å². The first-order valence-corrected chi connectivity index (χ1v) is 5.63. The van der Waals surface area contributed by atoms with Crippen molar-refractivity contribution in [1.82, 2.24) is 9.55 Å². The van der Waals surface area contributed by atoms with E-state index < -0.39 is 0 Å². The molecule has 1 aromatic heterocycles. The van der Waals surface area contributed by atoms with Crippen LogP contribution in [0.25, 0.3) is 0 Å². The van der Waals surface area contributed by atoms with Crippen molar-refractivity contribution in [1.29, 1.82) is 0 Å². The summed E-state index contributed by atoms with van der Waals surface area (Å²) in [6.07, 6.45) is 5.94. The van der Waals surface area contributed by atoms with Crippen molar-refractivity contribution >= 4 is 0 Å². The van der Waals surface area contributed by atoms with E-state index in [1.807, 2.05) is 19.4 Å². The molecule has 0 saturated heterocycles. The fraction of sp³-hybridized carbons (Fsp3) is 0.750. The molecule has 1 unspecified atom stereocenters. The molecule has 0 aromatic carbocycles. The molecule has 3 heteroatoms. The summed E-state index contributed by atoms with van der Waals surface area (Å²) < 4.78 is 2.22. The van der Waals surface area contributed by atoms with Crippen LogP contribution in [0.4, 0.5) is 0 Å². The van der Waals surface area contributed by atoms with E-state index in [4.69, 9.17) is 5.73 Å². The summed E-state index contributed by atoms with van der Waals surface area (Å²) in [5, 5.41) is 0. The van der Waals surface area contributed by atoms with Crippen LogP contribution < -0.4 is 5.73 Å². The highest BCUT2D eigenvalue weighted by atomic mass is 15.0. The van der Waals surface area contributed by atoms with Gasteiger partial charge in [-0.1, -0.05) is 20.8 Å². The summed E-state index contributed by atoms with van der Waals surface area (Å²) in [5.41, 5.74) is 7.37. The maximum Gasteiger partial charge on any atom is 0.0948 e. The van der Waals surface area contributed by atoms with Crippen LogP contribution in [-0.4, -0.2) is 15.6 Å². The summed E-state index contributed by atoms with van der Waals surface area (Å²) >= 11 is 0. The van der Waals surface area contributed by atoms with Gasteiger partial charge in [0.25, 0.3) is 0 Å². The third-order valence-electron chi connectivity index (χ3n) is 2.34. The maximum atomic E-state index is 5.75. The monoisotopic (exact) mass is 209 g/mol. The number of nitrogens with two attached hydrogens (primary N) is 1. The lowest BCUT2D eigenvalue weighted by molar-refractivity contribution is 0.395. The number of imidazole rings is 1. The number of rotatable bonds is 4. The molecule has 0 bridgehead atoms. The van der Waals surface area contributed by atoms with Gasteiger partial charge in [0.2, 0.25) is 0 Å². The maximum absolute atomic E-state index is 5.75. The van der Waals surface area contributed by atoms with Crippen LogP contribution in [-0.2, 0) is 13.0 Å². The molecule has 0 amide bonds. The van der Waals surface area contributed by atoms with Gasteiger partial charge in [0.05, 0.1) is 6.33 Å². The first-order valence-electron chi connectivity index (χ1n) is 5.63. The number of hydrogen-bond acceptors (Lipinski definition) is 2. The van der Waals surface area contributed by atoms with Gasteiger partial charge in [-0.05, 0) is 25.2 Å². The van der Waals surface area contributed by atoms with Crippen molar-refractivity contribution in [2.24, 2.45) is 11.1 Å². The Morgan fingerprint density at radius 3 is 2.67 bits per heavy atom. The van der Waals surface area contributed by atoms with Crippen LogP contribution in [0.15, 0.2) is 12.5 Å². The van der Waals surface area contributed by atoms with E-state index in [0.717, 1.165) is 19.4 Å². The molecule has 86 valence electrons. The SMILES string of the molecule is CC(N)CCn1cncc1CC(C)(C)C. The largest absolute Gasteiger partial charge is 0.335 e. The van der Waals surface area contributed by atoms with Crippen LogP contribution in [0.3, 0.4) is 0 Å². The molecule has 0 saturated carbocycles. The molecule has 1 heterocycles. The molecule has 1 atom stereocenters. The first kappa shape index (κ1) is 12.2. The predicted octanol–water partition coefficient (Wildman–Crippen LogP) is 2.21. The second-order valence-electron chi connectivity index (χ2n) is 5.58. The van der Waals surface area contributed by atoms with Gasteiger partial charge in [-0.2, -0.15) is 0 Å². The van der Waals surface area contributed by atoms with E-state index in [1.54, 1.807) is 0 Å². The molecule has 3 nitrogen and oxygen atoms in total. The van der Waals surface area contributed by atoms with E-state index in [1.165, 1.54) is 5.69 Å². The van der Waals surface area contributed by atoms with E-state index in [2.05, 4.69) is 30.3 Å². The quantitative estimate of drug-likeness (QED) is 0.826. The zero-order valence-corrected chi connectivity index (χ0v) is 10.3. The second-order valence-corrected chi connectivity index (χ2v) is 5.58. The molecule has 0 spiro atoms. The van der Waals surface area contributed by atoms with Crippen molar-refractivity contribution in [3.05, 3.63) is 18.2 Å². The fourth-order valence-corrected chi connectivity index (χ4v) is 1.58.